The molecule has 4 nitrogen and oxygen atoms in total. The maximum Gasteiger partial charge on any atom is 0.209 e. The molecule has 0 aliphatic heterocycles. The first kappa shape index (κ1) is 17.0. The molecule has 0 N–H and O–H groups in total. The van der Waals surface area contributed by atoms with Crippen LogP contribution in [0.2, 0.25) is 5.02 Å². The summed E-state index contributed by atoms with van der Waals surface area (Å²) in [5, 5.41) is -0.0642. The molecule has 120 valence electrons. The fourth-order valence-electron chi connectivity index (χ4n) is 1.96. The lowest BCUT2D eigenvalue weighted by Gasteiger charge is -2.14. The Hall–Kier alpha value is -1.33. The number of rotatable bonds is 4. The molecule has 1 heterocycles. The van der Waals surface area contributed by atoms with Crippen molar-refractivity contribution in [1.82, 2.24) is 4.98 Å². The minimum Gasteiger partial charge on any atom is -0.444 e. The van der Waals surface area contributed by atoms with Crippen molar-refractivity contribution in [1.29, 1.82) is 0 Å². The van der Waals surface area contributed by atoms with Gasteiger partial charge in [0.1, 0.15) is 11.5 Å². The van der Waals surface area contributed by atoms with Gasteiger partial charge in [-0.1, -0.05) is 44.5 Å². The normalized spacial score (nSPS) is 14.0. The van der Waals surface area contributed by atoms with Gasteiger partial charge >= 0.3 is 0 Å². The molecule has 1 aromatic heterocycles. The average Bonchev–Trinajstić information content (AvgIpc) is 2.86. The molecule has 2 aromatic rings. The van der Waals surface area contributed by atoms with E-state index in [2.05, 4.69) is 4.98 Å². The monoisotopic (exact) mass is 341 g/mol. The molecule has 0 bridgehead atoms. The molecule has 1 unspecified atom stereocenters. The van der Waals surface area contributed by atoms with Gasteiger partial charge in [0, 0.05) is 10.4 Å². The molecule has 0 fully saturated rings. The number of halogens is 1. The van der Waals surface area contributed by atoms with E-state index in [1.54, 1.807) is 37.4 Å². The van der Waals surface area contributed by atoms with Gasteiger partial charge in [0.05, 0.1) is 11.4 Å². The van der Waals surface area contributed by atoms with Crippen LogP contribution in [0.1, 0.15) is 50.2 Å². The van der Waals surface area contributed by atoms with Crippen LogP contribution in [-0.2, 0) is 21.0 Å². The molecule has 22 heavy (non-hydrogen) atoms. The molecular formula is C16H20ClNO3S. The third-order valence-electron chi connectivity index (χ3n) is 3.50. The van der Waals surface area contributed by atoms with Gasteiger partial charge in [-0.25, -0.2) is 13.4 Å². The molecule has 1 aromatic carbocycles. The van der Waals surface area contributed by atoms with Gasteiger partial charge in [-0.2, -0.15) is 0 Å². The lowest BCUT2D eigenvalue weighted by Crippen LogP contribution is -2.13. The van der Waals surface area contributed by atoms with E-state index in [0.29, 0.717) is 16.3 Å². The van der Waals surface area contributed by atoms with Crippen molar-refractivity contribution < 1.29 is 12.8 Å². The number of sulfone groups is 1. The highest BCUT2D eigenvalue weighted by Crippen LogP contribution is 2.28. The summed E-state index contributed by atoms with van der Waals surface area (Å²) in [7, 11) is -3.41. The Bertz CT molecular complexity index is 742. The largest absolute Gasteiger partial charge is 0.444 e. The summed E-state index contributed by atoms with van der Waals surface area (Å²) >= 11 is 5.83. The summed E-state index contributed by atoms with van der Waals surface area (Å²) in [4.78, 5) is 4.09. The first-order chi connectivity index (χ1) is 10.1. The third-order valence-corrected chi connectivity index (χ3v) is 5.75. The lowest BCUT2D eigenvalue weighted by atomic mass is 9.94. The van der Waals surface area contributed by atoms with E-state index < -0.39 is 15.1 Å². The van der Waals surface area contributed by atoms with Crippen molar-refractivity contribution >= 4 is 21.4 Å². The van der Waals surface area contributed by atoms with E-state index in [1.807, 2.05) is 20.8 Å². The number of benzene rings is 1. The molecule has 0 saturated heterocycles. The molecule has 0 spiro atoms. The summed E-state index contributed by atoms with van der Waals surface area (Å²) in [6.45, 7) is 7.62. The number of hydrogen-bond acceptors (Lipinski definition) is 4. The van der Waals surface area contributed by atoms with Crippen LogP contribution < -0.4 is 0 Å². The van der Waals surface area contributed by atoms with E-state index in [1.165, 1.54) is 0 Å². The van der Waals surface area contributed by atoms with Crippen LogP contribution in [0, 0.1) is 0 Å². The van der Waals surface area contributed by atoms with E-state index in [4.69, 9.17) is 16.0 Å². The summed E-state index contributed by atoms with van der Waals surface area (Å²) < 4.78 is 30.6. The Morgan fingerprint density at radius 1 is 1.23 bits per heavy atom. The second-order valence-electron chi connectivity index (χ2n) is 6.37. The Morgan fingerprint density at radius 2 is 1.82 bits per heavy atom. The number of oxazole rings is 1. The summed E-state index contributed by atoms with van der Waals surface area (Å²) in [5.41, 5.74) is 0.503. The molecule has 0 aliphatic carbocycles. The minimum atomic E-state index is -3.41. The van der Waals surface area contributed by atoms with Crippen LogP contribution in [0.3, 0.4) is 0 Å². The van der Waals surface area contributed by atoms with E-state index in [0.717, 1.165) is 0 Å². The molecule has 0 amide bonds. The second kappa shape index (κ2) is 6.05. The molecule has 0 radical (unpaired) electrons. The van der Waals surface area contributed by atoms with Gasteiger partial charge in [-0.15, -0.1) is 0 Å². The number of hydrogen-bond donors (Lipinski definition) is 0. The van der Waals surface area contributed by atoms with Crippen molar-refractivity contribution in [3.05, 3.63) is 52.7 Å². The summed E-state index contributed by atoms with van der Waals surface area (Å²) in [5.74, 6) is 0.690. The SMILES string of the molecule is CC(c1ccc(Cl)cc1)S(=O)(=O)Cc1ncc(C(C)(C)C)o1. The first-order valence-corrected chi connectivity index (χ1v) is 9.11. The smallest absolute Gasteiger partial charge is 0.209 e. The van der Waals surface area contributed by atoms with Gasteiger partial charge < -0.3 is 4.42 Å². The summed E-state index contributed by atoms with van der Waals surface area (Å²) in [6, 6.07) is 6.82. The standard InChI is InChI=1S/C16H20ClNO3S/c1-11(12-5-7-13(17)8-6-12)22(19,20)10-15-18-9-14(21-15)16(2,3)4/h5-9,11H,10H2,1-4H3. The minimum absolute atomic E-state index is 0.198. The molecule has 1 atom stereocenters. The average molecular weight is 342 g/mol. The predicted octanol–water partition coefficient (Wildman–Crippen LogP) is 4.30. The van der Waals surface area contributed by atoms with E-state index in [-0.39, 0.29) is 17.1 Å². The van der Waals surface area contributed by atoms with Gasteiger partial charge in [0.15, 0.2) is 9.84 Å². The van der Waals surface area contributed by atoms with Crippen LogP contribution in [0.5, 0.6) is 0 Å². The Labute approximate surface area is 136 Å². The number of aromatic nitrogens is 1. The highest BCUT2D eigenvalue weighted by atomic mass is 35.5. The van der Waals surface area contributed by atoms with Crippen LogP contribution in [0.15, 0.2) is 34.9 Å². The molecular weight excluding hydrogens is 322 g/mol. The Balaban J connectivity index is 2.20. The maximum atomic E-state index is 12.5. The first-order valence-electron chi connectivity index (χ1n) is 7.02. The predicted molar refractivity (Wildman–Crippen MR) is 87.7 cm³/mol. The highest BCUT2D eigenvalue weighted by molar-refractivity contribution is 7.90. The van der Waals surface area contributed by atoms with Gasteiger partial charge in [-0.3, -0.25) is 0 Å². The Kier molecular flexibility index (Phi) is 4.68. The van der Waals surface area contributed by atoms with Crippen LogP contribution in [-0.4, -0.2) is 13.4 Å². The van der Waals surface area contributed by atoms with Crippen molar-refractivity contribution in [3.63, 3.8) is 0 Å². The fourth-order valence-corrected chi connectivity index (χ4v) is 3.39. The van der Waals surface area contributed by atoms with Gasteiger partial charge in [-0.05, 0) is 24.6 Å². The quantitative estimate of drug-likeness (QED) is 0.831. The molecule has 2 rings (SSSR count). The van der Waals surface area contributed by atoms with Crippen LogP contribution in [0.4, 0.5) is 0 Å². The van der Waals surface area contributed by atoms with Crippen molar-refractivity contribution in [2.24, 2.45) is 0 Å². The van der Waals surface area contributed by atoms with Crippen molar-refractivity contribution in [2.45, 2.75) is 44.1 Å². The molecule has 0 saturated carbocycles. The topological polar surface area (TPSA) is 60.2 Å². The number of nitrogens with zero attached hydrogens (tertiary/aromatic N) is 1. The fraction of sp³-hybridized carbons (Fsp3) is 0.438. The second-order valence-corrected chi connectivity index (χ2v) is 9.13. The highest BCUT2D eigenvalue weighted by Gasteiger charge is 2.27. The molecule has 6 heteroatoms. The zero-order valence-electron chi connectivity index (χ0n) is 13.1. The maximum absolute atomic E-state index is 12.5. The zero-order valence-corrected chi connectivity index (χ0v) is 14.7. The van der Waals surface area contributed by atoms with Gasteiger partial charge in [0.2, 0.25) is 5.89 Å². The van der Waals surface area contributed by atoms with Crippen molar-refractivity contribution in [2.75, 3.05) is 0 Å². The van der Waals surface area contributed by atoms with E-state index in [9.17, 15) is 8.42 Å². The molecule has 0 aliphatic rings. The lowest BCUT2D eigenvalue weighted by molar-refractivity contribution is 0.389. The zero-order chi connectivity index (χ0) is 16.5. The van der Waals surface area contributed by atoms with Crippen LogP contribution in [0.25, 0.3) is 0 Å². The van der Waals surface area contributed by atoms with Crippen LogP contribution >= 0.6 is 11.6 Å². The van der Waals surface area contributed by atoms with E-state index >= 15 is 0 Å². The van der Waals surface area contributed by atoms with Gasteiger partial charge in [0.25, 0.3) is 0 Å². The Morgan fingerprint density at radius 3 is 2.32 bits per heavy atom. The summed E-state index contributed by atoms with van der Waals surface area (Å²) in [6.07, 6.45) is 1.60. The van der Waals surface area contributed by atoms with Crippen molar-refractivity contribution in [3.8, 4) is 0 Å². The third kappa shape index (κ3) is 3.90.